The highest BCUT2D eigenvalue weighted by molar-refractivity contribution is 5.75. The molecule has 0 aliphatic carbocycles. The number of nitrogens with zero attached hydrogens (tertiary/aromatic N) is 3. The lowest BCUT2D eigenvalue weighted by Crippen LogP contribution is -2.50. The van der Waals surface area contributed by atoms with Gasteiger partial charge in [-0.2, -0.15) is 18.2 Å². The monoisotopic (exact) mass is 371 g/mol. The second-order valence-corrected chi connectivity index (χ2v) is 7.13. The Balaban J connectivity index is 1.69. The molecule has 0 radical (unpaired) electrons. The second-order valence-electron chi connectivity index (χ2n) is 7.13. The predicted octanol–water partition coefficient (Wildman–Crippen LogP) is 3.90. The topological polar surface area (TPSA) is 58.8 Å². The maximum atomic E-state index is 12.8. The third-order valence-corrected chi connectivity index (χ3v) is 3.91. The van der Waals surface area contributed by atoms with Crippen LogP contribution in [0.1, 0.15) is 26.3 Å². The summed E-state index contributed by atoms with van der Waals surface area (Å²) in [4.78, 5) is 19.6. The number of halogens is 3. The van der Waals surface area contributed by atoms with Gasteiger partial charge in [-0.05, 0) is 39.0 Å². The van der Waals surface area contributed by atoms with E-state index >= 15 is 0 Å². The number of rotatable bonds is 1. The molecule has 2 aromatic rings. The van der Waals surface area contributed by atoms with Crippen LogP contribution in [0.2, 0.25) is 0 Å². The molecule has 1 amide bonds. The minimum atomic E-state index is -4.42. The Hall–Kier alpha value is -2.45. The van der Waals surface area contributed by atoms with Gasteiger partial charge in [-0.1, -0.05) is 0 Å². The van der Waals surface area contributed by atoms with E-state index < -0.39 is 17.3 Å². The Labute approximate surface area is 148 Å². The molecular weight excluding hydrogens is 351 g/mol. The number of piperazine rings is 1. The first kappa shape index (κ1) is 18.3. The third-order valence-electron chi connectivity index (χ3n) is 3.91. The predicted molar refractivity (Wildman–Crippen MR) is 89.0 cm³/mol. The van der Waals surface area contributed by atoms with Crippen LogP contribution in [0.3, 0.4) is 0 Å². The van der Waals surface area contributed by atoms with Gasteiger partial charge < -0.3 is 19.0 Å². The van der Waals surface area contributed by atoms with E-state index in [4.69, 9.17) is 9.15 Å². The summed E-state index contributed by atoms with van der Waals surface area (Å²) in [6, 6.07) is 3.46. The van der Waals surface area contributed by atoms with Crippen molar-refractivity contribution in [3.8, 4) is 0 Å². The lowest BCUT2D eigenvalue weighted by atomic mass is 10.2. The van der Waals surface area contributed by atoms with Gasteiger partial charge in [-0.3, -0.25) is 0 Å². The van der Waals surface area contributed by atoms with Crippen LogP contribution in [0.4, 0.5) is 24.0 Å². The van der Waals surface area contributed by atoms with E-state index in [1.165, 1.54) is 6.07 Å². The number of ether oxygens (including phenoxy) is 1. The quantitative estimate of drug-likeness (QED) is 0.761. The van der Waals surface area contributed by atoms with Crippen molar-refractivity contribution in [1.82, 2.24) is 9.88 Å². The first-order chi connectivity index (χ1) is 12.0. The van der Waals surface area contributed by atoms with Crippen molar-refractivity contribution >= 4 is 23.2 Å². The molecule has 1 aliphatic rings. The van der Waals surface area contributed by atoms with E-state index in [-0.39, 0.29) is 17.6 Å². The number of carbonyl (C=O) groups excluding carboxylic acids is 1. The largest absolute Gasteiger partial charge is 0.444 e. The molecule has 1 aliphatic heterocycles. The first-order valence-corrected chi connectivity index (χ1v) is 8.23. The zero-order valence-electron chi connectivity index (χ0n) is 14.8. The molecule has 2 heterocycles. The number of alkyl halides is 3. The Morgan fingerprint density at radius 2 is 1.81 bits per heavy atom. The number of benzene rings is 1. The lowest BCUT2D eigenvalue weighted by Gasteiger charge is -2.34. The molecule has 0 unspecified atom stereocenters. The van der Waals surface area contributed by atoms with Gasteiger partial charge in [-0.15, -0.1) is 0 Å². The molecule has 26 heavy (non-hydrogen) atoms. The normalized spacial score (nSPS) is 16.2. The van der Waals surface area contributed by atoms with Gasteiger partial charge in [0.15, 0.2) is 5.58 Å². The number of oxazole rings is 1. The van der Waals surface area contributed by atoms with E-state index in [0.717, 1.165) is 12.1 Å². The van der Waals surface area contributed by atoms with E-state index in [2.05, 4.69) is 4.98 Å². The average molecular weight is 371 g/mol. The summed E-state index contributed by atoms with van der Waals surface area (Å²) in [6.45, 7) is 7.15. The van der Waals surface area contributed by atoms with Crippen molar-refractivity contribution in [2.75, 3.05) is 31.1 Å². The summed E-state index contributed by atoms with van der Waals surface area (Å²) in [7, 11) is 0. The van der Waals surface area contributed by atoms with Gasteiger partial charge in [-0.25, -0.2) is 4.79 Å². The van der Waals surface area contributed by atoms with E-state index in [1.807, 2.05) is 0 Å². The van der Waals surface area contributed by atoms with E-state index in [1.54, 1.807) is 30.6 Å². The number of anilines is 1. The van der Waals surface area contributed by atoms with E-state index in [9.17, 15) is 18.0 Å². The molecule has 0 saturated carbocycles. The average Bonchev–Trinajstić information content (AvgIpc) is 2.95. The number of amides is 1. The fourth-order valence-electron chi connectivity index (χ4n) is 2.63. The molecule has 0 atom stereocenters. The highest BCUT2D eigenvalue weighted by atomic mass is 19.4. The smallest absolute Gasteiger partial charge is 0.416 e. The van der Waals surface area contributed by atoms with Gasteiger partial charge in [0.05, 0.1) is 5.56 Å². The van der Waals surface area contributed by atoms with Crippen molar-refractivity contribution in [3.05, 3.63) is 23.8 Å². The highest BCUT2D eigenvalue weighted by Gasteiger charge is 2.32. The van der Waals surface area contributed by atoms with Crippen LogP contribution in [0.25, 0.3) is 11.1 Å². The van der Waals surface area contributed by atoms with Gasteiger partial charge in [0.2, 0.25) is 0 Å². The van der Waals surface area contributed by atoms with Crippen LogP contribution >= 0.6 is 0 Å². The van der Waals surface area contributed by atoms with Crippen molar-refractivity contribution in [2.24, 2.45) is 0 Å². The van der Waals surface area contributed by atoms with Crippen LogP contribution in [-0.4, -0.2) is 47.8 Å². The summed E-state index contributed by atoms with van der Waals surface area (Å²) >= 11 is 0. The Kier molecular flexibility index (Phi) is 4.49. The molecule has 1 aromatic carbocycles. The molecule has 1 aromatic heterocycles. The van der Waals surface area contributed by atoms with Crippen LogP contribution in [0.5, 0.6) is 0 Å². The van der Waals surface area contributed by atoms with Crippen LogP contribution in [-0.2, 0) is 10.9 Å². The Morgan fingerprint density at radius 3 is 2.38 bits per heavy atom. The molecule has 0 N–H and O–H groups in total. The summed E-state index contributed by atoms with van der Waals surface area (Å²) in [5, 5.41) is 0. The number of hydrogen-bond acceptors (Lipinski definition) is 5. The number of hydrogen-bond donors (Lipinski definition) is 0. The first-order valence-electron chi connectivity index (χ1n) is 8.23. The zero-order chi connectivity index (χ0) is 19.1. The molecule has 0 spiro atoms. The summed E-state index contributed by atoms with van der Waals surface area (Å²) in [6.07, 6.45) is -4.81. The second kappa shape index (κ2) is 6.37. The number of carbonyl (C=O) groups is 1. The fraction of sp³-hybridized carbons (Fsp3) is 0.529. The third kappa shape index (κ3) is 4.03. The summed E-state index contributed by atoms with van der Waals surface area (Å²) in [5.74, 6) is 0. The number of fused-ring (bicyclic) bond motifs is 1. The maximum absolute atomic E-state index is 12.8. The SMILES string of the molecule is CC(C)(C)OC(=O)N1CCN(c2nc3cc(C(F)(F)F)ccc3o2)CC1. The molecule has 142 valence electrons. The highest BCUT2D eigenvalue weighted by Crippen LogP contribution is 2.32. The van der Waals surface area contributed by atoms with Gasteiger partial charge >= 0.3 is 12.3 Å². The standard InChI is InChI=1S/C17H20F3N3O3/c1-16(2,3)26-15(24)23-8-6-22(7-9-23)14-21-12-10-11(17(18,19)20)4-5-13(12)25-14/h4-5,10H,6-9H2,1-3H3. The molecule has 0 bridgehead atoms. The number of aromatic nitrogens is 1. The van der Waals surface area contributed by atoms with Crippen LogP contribution < -0.4 is 4.90 Å². The van der Waals surface area contributed by atoms with Crippen molar-refractivity contribution in [1.29, 1.82) is 0 Å². The molecule has 3 rings (SSSR count). The summed E-state index contributed by atoms with van der Waals surface area (Å²) < 4.78 is 49.3. The molecular formula is C17H20F3N3O3. The minimum absolute atomic E-state index is 0.157. The van der Waals surface area contributed by atoms with Crippen LogP contribution in [0, 0.1) is 0 Å². The molecule has 9 heteroatoms. The lowest BCUT2D eigenvalue weighted by molar-refractivity contribution is -0.137. The van der Waals surface area contributed by atoms with Gasteiger partial charge in [0, 0.05) is 26.2 Å². The Morgan fingerprint density at radius 1 is 1.15 bits per heavy atom. The van der Waals surface area contributed by atoms with Crippen molar-refractivity contribution < 1.29 is 27.1 Å². The zero-order valence-corrected chi connectivity index (χ0v) is 14.8. The maximum Gasteiger partial charge on any atom is 0.416 e. The molecule has 6 nitrogen and oxygen atoms in total. The summed E-state index contributed by atoms with van der Waals surface area (Å²) in [5.41, 5.74) is -0.878. The van der Waals surface area contributed by atoms with Gasteiger partial charge in [0.25, 0.3) is 6.01 Å². The van der Waals surface area contributed by atoms with E-state index in [0.29, 0.717) is 31.8 Å². The molecule has 1 fully saturated rings. The molecule has 1 saturated heterocycles. The van der Waals surface area contributed by atoms with Gasteiger partial charge in [0.1, 0.15) is 11.1 Å². The van der Waals surface area contributed by atoms with Crippen LogP contribution in [0.15, 0.2) is 22.6 Å². The minimum Gasteiger partial charge on any atom is -0.444 e. The Bertz CT molecular complexity index is 803. The van der Waals surface area contributed by atoms with Crippen molar-refractivity contribution in [3.63, 3.8) is 0 Å². The fourth-order valence-corrected chi connectivity index (χ4v) is 2.63. The van der Waals surface area contributed by atoms with Crippen molar-refractivity contribution in [2.45, 2.75) is 32.5 Å².